The minimum Gasteiger partial charge on any atom is -0.507 e. The molecule has 0 fully saturated rings. The predicted octanol–water partition coefficient (Wildman–Crippen LogP) is 6.60. The quantitative estimate of drug-likeness (QED) is 0.322. The lowest BCUT2D eigenvalue weighted by molar-refractivity contribution is 0.0998. The summed E-state index contributed by atoms with van der Waals surface area (Å²) in [6, 6.07) is 26.2. The molecule has 0 saturated heterocycles. The Morgan fingerprint density at radius 2 is 1.72 bits per heavy atom. The van der Waals surface area contributed by atoms with Crippen LogP contribution in [0.25, 0.3) is 21.7 Å². The largest absolute Gasteiger partial charge is 0.507 e. The highest BCUT2D eigenvalue weighted by atomic mass is 16.3. The van der Waals surface area contributed by atoms with Crippen LogP contribution < -0.4 is 5.32 Å². The number of carbonyl (C=O) groups excluding carboxylic acids is 1. The van der Waals surface area contributed by atoms with E-state index in [1.54, 1.807) is 18.3 Å². The summed E-state index contributed by atoms with van der Waals surface area (Å²) in [7, 11) is 0. The second-order valence-corrected chi connectivity index (χ2v) is 7.58. The number of hydrogen-bond donors (Lipinski definition) is 2. The molecule has 2 N–H and O–H groups in total. The van der Waals surface area contributed by atoms with Crippen LogP contribution in [0.15, 0.2) is 94.3 Å². The molecule has 32 heavy (non-hydrogen) atoms. The molecule has 1 heterocycles. The lowest BCUT2D eigenvalue weighted by atomic mass is 10.0. The molecule has 0 aliphatic carbocycles. The molecule has 5 rings (SSSR count). The smallest absolute Gasteiger partial charge is 0.291 e. The highest BCUT2D eigenvalue weighted by Gasteiger charge is 2.13. The third-order valence-electron chi connectivity index (χ3n) is 5.40. The molecule has 0 saturated carbocycles. The monoisotopic (exact) mass is 420 g/mol. The highest BCUT2D eigenvalue weighted by Crippen LogP contribution is 2.28. The maximum Gasteiger partial charge on any atom is 0.291 e. The number of nitrogens with one attached hydrogen (secondary N) is 1. The third-order valence-corrected chi connectivity index (χ3v) is 5.40. The van der Waals surface area contributed by atoms with Crippen molar-refractivity contribution in [1.82, 2.24) is 0 Å². The summed E-state index contributed by atoms with van der Waals surface area (Å²) in [6.07, 6.45) is 1.67. The van der Waals surface area contributed by atoms with Crippen molar-refractivity contribution in [1.29, 1.82) is 0 Å². The number of phenolic OH excluding ortho intramolecular Hbond substituents is 1. The molecule has 0 bridgehead atoms. The molecule has 0 spiro atoms. The van der Waals surface area contributed by atoms with Gasteiger partial charge < -0.3 is 14.8 Å². The predicted molar refractivity (Wildman–Crippen MR) is 128 cm³/mol. The van der Waals surface area contributed by atoms with E-state index in [-0.39, 0.29) is 17.4 Å². The summed E-state index contributed by atoms with van der Waals surface area (Å²) in [6.45, 7) is 1.91. The van der Waals surface area contributed by atoms with Gasteiger partial charge in [0.15, 0.2) is 5.76 Å². The van der Waals surface area contributed by atoms with E-state index in [2.05, 4.69) is 10.3 Å². The molecule has 0 atom stereocenters. The first-order valence-electron chi connectivity index (χ1n) is 10.2. The standard InChI is InChI=1S/C27H20N2O3/c1-17-14-20(28-16-22-21-8-4-2-6-18(21)10-13-24(22)30)11-12-23(17)29-27(31)26-15-19-7-3-5-9-25(19)32-26/h2-16,30H,1H3,(H,29,31). The number of nitrogens with zero attached hydrogens (tertiary/aromatic N) is 1. The first kappa shape index (κ1) is 19.6. The van der Waals surface area contributed by atoms with Crippen LogP contribution >= 0.6 is 0 Å². The Labute approximate surface area is 184 Å². The van der Waals surface area contributed by atoms with E-state index in [4.69, 9.17) is 4.42 Å². The van der Waals surface area contributed by atoms with E-state index < -0.39 is 0 Å². The van der Waals surface area contributed by atoms with Gasteiger partial charge >= 0.3 is 0 Å². The molecule has 1 amide bonds. The minimum atomic E-state index is -0.304. The second-order valence-electron chi connectivity index (χ2n) is 7.58. The second kappa shape index (κ2) is 8.04. The molecule has 156 valence electrons. The molecular formula is C27H20N2O3. The molecule has 0 radical (unpaired) electrons. The van der Waals surface area contributed by atoms with Gasteiger partial charge in [-0.05, 0) is 59.7 Å². The van der Waals surface area contributed by atoms with Gasteiger partial charge in [0.2, 0.25) is 0 Å². The Morgan fingerprint density at radius 3 is 2.53 bits per heavy atom. The molecule has 1 aromatic heterocycles. The van der Waals surface area contributed by atoms with Gasteiger partial charge in [0.05, 0.1) is 5.69 Å². The Kier molecular flexibility index (Phi) is 4.92. The van der Waals surface area contributed by atoms with Gasteiger partial charge in [-0.25, -0.2) is 0 Å². The highest BCUT2D eigenvalue weighted by molar-refractivity contribution is 6.05. The van der Waals surface area contributed by atoms with Crippen molar-refractivity contribution in [3.63, 3.8) is 0 Å². The number of rotatable bonds is 4. The first-order chi connectivity index (χ1) is 15.6. The Balaban J connectivity index is 1.38. The van der Waals surface area contributed by atoms with Gasteiger partial charge in [-0.15, -0.1) is 0 Å². The van der Waals surface area contributed by atoms with Crippen molar-refractivity contribution in [3.05, 3.63) is 102 Å². The zero-order valence-electron chi connectivity index (χ0n) is 17.4. The number of fused-ring (bicyclic) bond motifs is 2. The fourth-order valence-electron chi connectivity index (χ4n) is 3.70. The molecule has 4 aromatic carbocycles. The normalized spacial score (nSPS) is 11.4. The molecule has 0 aliphatic heterocycles. The van der Waals surface area contributed by atoms with E-state index in [1.807, 2.05) is 79.7 Å². The minimum absolute atomic E-state index is 0.180. The van der Waals surface area contributed by atoms with E-state index in [0.717, 1.165) is 27.4 Å². The average Bonchev–Trinajstić information content (AvgIpc) is 3.24. The number of para-hydroxylation sites is 1. The SMILES string of the molecule is Cc1cc(N=Cc2c(O)ccc3ccccc23)ccc1NC(=O)c1cc2ccccc2o1. The molecule has 5 aromatic rings. The topological polar surface area (TPSA) is 74.8 Å². The molecular weight excluding hydrogens is 400 g/mol. The van der Waals surface area contributed by atoms with Gasteiger partial charge in [0.1, 0.15) is 11.3 Å². The van der Waals surface area contributed by atoms with Crippen LogP contribution in [0.2, 0.25) is 0 Å². The van der Waals surface area contributed by atoms with Crippen LogP contribution in [0.3, 0.4) is 0 Å². The summed E-state index contributed by atoms with van der Waals surface area (Å²) < 4.78 is 5.64. The summed E-state index contributed by atoms with van der Waals surface area (Å²) in [5.74, 6) is 0.138. The average molecular weight is 420 g/mol. The number of hydrogen-bond acceptors (Lipinski definition) is 4. The number of aromatic hydroxyl groups is 1. The summed E-state index contributed by atoms with van der Waals surface area (Å²) in [5.41, 5.74) is 3.61. The number of carbonyl (C=O) groups is 1. The zero-order valence-corrected chi connectivity index (χ0v) is 17.4. The van der Waals surface area contributed by atoms with Gasteiger partial charge in [-0.1, -0.05) is 48.5 Å². The van der Waals surface area contributed by atoms with Gasteiger partial charge in [-0.2, -0.15) is 0 Å². The van der Waals surface area contributed by atoms with Crippen molar-refractivity contribution >= 4 is 45.2 Å². The number of aliphatic imine (C=N–C) groups is 1. The van der Waals surface area contributed by atoms with E-state index >= 15 is 0 Å². The number of aryl methyl sites for hydroxylation is 1. The first-order valence-corrected chi connectivity index (χ1v) is 10.2. The summed E-state index contributed by atoms with van der Waals surface area (Å²) in [5, 5.41) is 16.0. The molecule has 5 nitrogen and oxygen atoms in total. The van der Waals surface area contributed by atoms with Gasteiger partial charge in [0, 0.05) is 22.9 Å². The van der Waals surface area contributed by atoms with Crippen LogP contribution in [0.4, 0.5) is 11.4 Å². The van der Waals surface area contributed by atoms with Gasteiger partial charge in [0.25, 0.3) is 5.91 Å². The number of benzene rings is 4. The third kappa shape index (κ3) is 3.72. The van der Waals surface area contributed by atoms with Crippen LogP contribution in [0.1, 0.15) is 21.7 Å². The molecule has 0 unspecified atom stereocenters. The fourth-order valence-corrected chi connectivity index (χ4v) is 3.70. The fraction of sp³-hybridized carbons (Fsp3) is 0.0370. The van der Waals surface area contributed by atoms with Crippen LogP contribution in [0.5, 0.6) is 5.75 Å². The Bertz CT molecular complexity index is 1460. The van der Waals surface area contributed by atoms with E-state index in [9.17, 15) is 9.90 Å². The van der Waals surface area contributed by atoms with Crippen molar-refractivity contribution in [3.8, 4) is 5.75 Å². The number of furan rings is 1. The van der Waals surface area contributed by atoms with Crippen molar-refractivity contribution in [2.45, 2.75) is 6.92 Å². The van der Waals surface area contributed by atoms with Crippen molar-refractivity contribution in [2.24, 2.45) is 4.99 Å². The summed E-state index contributed by atoms with van der Waals surface area (Å²) in [4.78, 5) is 17.2. The van der Waals surface area contributed by atoms with Crippen LogP contribution in [-0.4, -0.2) is 17.2 Å². The van der Waals surface area contributed by atoms with Gasteiger partial charge in [-0.3, -0.25) is 9.79 Å². The van der Waals surface area contributed by atoms with Crippen LogP contribution in [-0.2, 0) is 0 Å². The Hall–Kier alpha value is -4.38. The number of amides is 1. The summed E-state index contributed by atoms with van der Waals surface area (Å²) >= 11 is 0. The van der Waals surface area contributed by atoms with E-state index in [1.165, 1.54) is 0 Å². The lowest BCUT2D eigenvalue weighted by Crippen LogP contribution is -2.11. The maximum atomic E-state index is 12.6. The number of phenols is 1. The lowest BCUT2D eigenvalue weighted by Gasteiger charge is -2.08. The molecule has 0 aliphatic rings. The van der Waals surface area contributed by atoms with Crippen molar-refractivity contribution in [2.75, 3.05) is 5.32 Å². The zero-order chi connectivity index (χ0) is 22.1. The Morgan fingerprint density at radius 1 is 0.938 bits per heavy atom. The van der Waals surface area contributed by atoms with E-state index in [0.29, 0.717) is 16.8 Å². The van der Waals surface area contributed by atoms with Crippen LogP contribution in [0, 0.1) is 6.92 Å². The molecule has 5 heteroatoms. The maximum absolute atomic E-state index is 12.6. The number of anilines is 1. The van der Waals surface area contributed by atoms with Crippen molar-refractivity contribution < 1.29 is 14.3 Å².